The minimum atomic E-state index is -0.000221. The molecule has 0 fully saturated rings. The summed E-state index contributed by atoms with van der Waals surface area (Å²) in [4.78, 5) is 12.2. The van der Waals surface area contributed by atoms with Crippen molar-refractivity contribution in [2.75, 3.05) is 11.9 Å². The summed E-state index contributed by atoms with van der Waals surface area (Å²) in [5, 5.41) is 9.38. The SMILES string of the molecule is CC[C@@H]([NH2+]CC(=O)Nc1c(C)nn(C)c1C)c1ccc(Br)cc1. The van der Waals surface area contributed by atoms with Gasteiger partial charge in [0.25, 0.3) is 5.91 Å². The number of halogens is 1. The zero-order valence-corrected chi connectivity index (χ0v) is 15.6. The number of rotatable bonds is 6. The first-order chi connectivity index (χ1) is 10.9. The Kier molecular flexibility index (Phi) is 5.96. The normalized spacial score (nSPS) is 12.2. The molecule has 2 rings (SSSR count). The van der Waals surface area contributed by atoms with Crippen molar-refractivity contribution in [3.05, 3.63) is 45.7 Å². The van der Waals surface area contributed by atoms with Crippen LogP contribution in [-0.2, 0) is 11.8 Å². The number of hydrogen-bond acceptors (Lipinski definition) is 2. The van der Waals surface area contributed by atoms with E-state index in [1.807, 2.05) is 33.0 Å². The van der Waals surface area contributed by atoms with Gasteiger partial charge < -0.3 is 10.6 Å². The Balaban J connectivity index is 1.96. The maximum absolute atomic E-state index is 12.2. The monoisotopic (exact) mass is 379 g/mol. The Labute approximate surface area is 145 Å². The van der Waals surface area contributed by atoms with Crippen LogP contribution in [0.1, 0.15) is 36.3 Å². The molecule has 6 heteroatoms. The van der Waals surface area contributed by atoms with Crippen molar-refractivity contribution in [1.29, 1.82) is 0 Å². The van der Waals surface area contributed by atoms with Gasteiger partial charge in [-0.2, -0.15) is 5.10 Å². The number of quaternary nitrogens is 1. The lowest BCUT2D eigenvalue weighted by molar-refractivity contribution is -0.686. The third-order valence-electron chi connectivity index (χ3n) is 4.10. The Bertz CT molecular complexity index is 679. The second-order valence-electron chi connectivity index (χ2n) is 5.72. The quantitative estimate of drug-likeness (QED) is 0.809. The van der Waals surface area contributed by atoms with Crippen molar-refractivity contribution in [2.24, 2.45) is 7.05 Å². The lowest BCUT2D eigenvalue weighted by atomic mass is 10.0. The van der Waals surface area contributed by atoms with E-state index in [0.29, 0.717) is 6.54 Å². The van der Waals surface area contributed by atoms with E-state index in [9.17, 15) is 4.79 Å². The number of nitrogens with zero attached hydrogens (tertiary/aromatic N) is 2. The molecule has 2 aromatic rings. The predicted molar refractivity (Wildman–Crippen MR) is 95.3 cm³/mol. The fraction of sp³-hybridized carbons (Fsp3) is 0.412. The summed E-state index contributed by atoms with van der Waals surface area (Å²) in [6.45, 7) is 6.39. The van der Waals surface area contributed by atoms with Crippen molar-refractivity contribution in [3.8, 4) is 0 Å². The van der Waals surface area contributed by atoms with Crippen LogP contribution in [0, 0.1) is 13.8 Å². The second-order valence-corrected chi connectivity index (χ2v) is 6.64. The van der Waals surface area contributed by atoms with Crippen LogP contribution in [0.25, 0.3) is 0 Å². The van der Waals surface area contributed by atoms with Crippen LogP contribution in [0.3, 0.4) is 0 Å². The van der Waals surface area contributed by atoms with Gasteiger partial charge in [0.05, 0.1) is 17.1 Å². The third-order valence-corrected chi connectivity index (χ3v) is 4.63. The average molecular weight is 380 g/mol. The van der Waals surface area contributed by atoms with E-state index >= 15 is 0 Å². The lowest BCUT2D eigenvalue weighted by Gasteiger charge is -2.14. The molecule has 1 heterocycles. The molecule has 0 aliphatic heterocycles. The lowest BCUT2D eigenvalue weighted by Crippen LogP contribution is -2.87. The van der Waals surface area contributed by atoms with E-state index in [1.54, 1.807) is 4.68 Å². The van der Waals surface area contributed by atoms with Crippen LogP contribution in [-0.4, -0.2) is 22.2 Å². The second kappa shape index (κ2) is 7.75. The largest absolute Gasteiger partial charge is 0.332 e. The van der Waals surface area contributed by atoms with Gasteiger partial charge in [-0.3, -0.25) is 9.48 Å². The van der Waals surface area contributed by atoms with Crippen molar-refractivity contribution in [1.82, 2.24) is 9.78 Å². The fourth-order valence-corrected chi connectivity index (χ4v) is 2.91. The molecule has 1 atom stereocenters. The van der Waals surface area contributed by atoms with Crippen LogP contribution >= 0.6 is 15.9 Å². The molecule has 3 N–H and O–H groups in total. The van der Waals surface area contributed by atoms with Crippen molar-refractivity contribution in [3.63, 3.8) is 0 Å². The summed E-state index contributed by atoms with van der Waals surface area (Å²) in [6.07, 6.45) is 0.972. The van der Waals surface area contributed by atoms with Crippen molar-refractivity contribution >= 4 is 27.5 Å². The van der Waals surface area contributed by atoms with Crippen molar-refractivity contribution in [2.45, 2.75) is 33.2 Å². The first kappa shape index (κ1) is 17.7. The number of aryl methyl sites for hydroxylation is 2. The van der Waals surface area contributed by atoms with Crippen LogP contribution in [0.15, 0.2) is 28.7 Å². The molecule has 0 bridgehead atoms. The fourth-order valence-electron chi connectivity index (χ4n) is 2.64. The minimum Gasteiger partial charge on any atom is -0.332 e. The summed E-state index contributed by atoms with van der Waals surface area (Å²) in [5.74, 6) is -0.000221. The Morgan fingerprint density at radius 1 is 1.35 bits per heavy atom. The number of amides is 1. The smallest absolute Gasteiger partial charge is 0.279 e. The highest BCUT2D eigenvalue weighted by molar-refractivity contribution is 9.10. The molecule has 0 saturated heterocycles. The summed E-state index contributed by atoms with van der Waals surface area (Å²) in [5.41, 5.74) is 3.87. The Morgan fingerprint density at radius 3 is 2.52 bits per heavy atom. The van der Waals surface area contributed by atoms with E-state index in [0.717, 1.165) is 28.0 Å². The maximum Gasteiger partial charge on any atom is 0.279 e. The third kappa shape index (κ3) is 4.42. The molecule has 0 spiro atoms. The summed E-state index contributed by atoms with van der Waals surface area (Å²) < 4.78 is 2.85. The molecule has 0 aliphatic carbocycles. The van der Waals surface area contributed by atoms with E-state index < -0.39 is 0 Å². The highest BCUT2D eigenvalue weighted by atomic mass is 79.9. The van der Waals surface area contributed by atoms with E-state index in [2.05, 4.69) is 50.7 Å². The van der Waals surface area contributed by atoms with Crippen LogP contribution in [0.5, 0.6) is 0 Å². The topological polar surface area (TPSA) is 63.5 Å². The molecule has 124 valence electrons. The number of aromatic nitrogens is 2. The van der Waals surface area contributed by atoms with Gasteiger partial charge in [-0.25, -0.2) is 0 Å². The highest BCUT2D eigenvalue weighted by Gasteiger charge is 2.17. The van der Waals surface area contributed by atoms with Gasteiger partial charge in [0.15, 0.2) is 6.54 Å². The van der Waals surface area contributed by atoms with E-state index in [-0.39, 0.29) is 11.9 Å². The zero-order valence-electron chi connectivity index (χ0n) is 14.1. The van der Waals surface area contributed by atoms with Gasteiger partial charge in [0.1, 0.15) is 6.04 Å². The molecule has 0 aliphatic rings. The number of anilines is 1. The summed E-state index contributed by atoms with van der Waals surface area (Å²) >= 11 is 3.45. The van der Waals surface area contributed by atoms with E-state index in [1.165, 1.54) is 5.56 Å². The number of hydrogen-bond donors (Lipinski definition) is 2. The predicted octanol–water partition coefficient (Wildman–Crippen LogP) is 2.45. The molecule has 1 aromatic carbocycles. The summed E-state index contributed by atoms with van der Waals surface area (Å²) in [6, 6.07) is 8.55. The molecule has 0 unspecified atom stereocenters. The molecule has 23 heavy (non-hydrogen) atoms. The van der Waals surface area contributed by atoms with Crippen molar-refractivity contribution < 1.29 is 10.1 Å². The standard InChI is InChI=1S/C17H23BrN4O/c1-5-15(13-6-8-14(18)9-7-13)19-10-16(23)20-17-11(2)21-22(4)12(17)3/h6-9,15,19H,5,10H2,1-4H3,(H,20,23)/p+1/t15-/m1/s1. The highest BCUT2D eigenvalue weighted by Crippen LogP contribution is 2.18. The molecule has 0 radical (unpaired) electrons. The Morgan fingerprint density at radius 2 is 2.00 bits per heavy atom. The van der Waals surface area contributed by atoms with E-state index in [4.69, 9.17) is 0 Å². The number of carbonyl (C=O) groups excluding carboxylic acids is 1. The molecule has 1 aromatic heterocycles. The Hall–Kier alpha value is -1.66. The molecular formula is C17H24BrN4O+. The first-order valence-electron chi connectivity index (χ1n) is 7.81. The van der Waals surface area contributed by atoms with Gasteiger partial charge >= 0.3 is 0 Å². The van der Waals surface area contributed by atoms with Gasteiger partial charge in [0.2, 0.25) is 0 Å². The van der Waals surface area contributed by atoms with Gasteiger partial charge in [-0.1, -0.05) is 35.0 Å². The molecular weight excluding hydrogens is 356 g/mol. The number of carbonyl (C=O) groups is 1. The molecule has 0 saturated carbocycles. The van der Waals surface area contributed by atoms with Crippen LogP contribution in [0.2, 0.25) is 0 Å². The van der Waals surface area contributed by atoms with Gasteiger partial charge in [0, 0.05) is 23.5 Å². The van der Waals surface area contributed by atoms with Crippen LogP contribution in [0.4, 0.5) is 5.69 Å². The maximum atomic E-state index is 12.2. The average Bonchev–Trinajstić information content (AvgIpc) is 2.76. The molecule has 5 nitrogen and oxygen atoms in total. The van der Waals surface area contributed by atoms with Gasteiger partial charge in [-0.15, -0.1) is 0 Å². The first-order valence-corrected chi connectivity index (χ1v) is 8.60. The number of nitrogens with one attached hydrogen (secondary N) is 1. The van der Waals surface area contributed by atoms with Gasteiger partial charge in [-0.05, 0) is 26.0 Å². The minimum absolute atomic E-state index is 0.000221. The number of nitrogens with two attached hydrogens (primary N) is 1. The van der Waals surface area contributed by atoms with Crippen LogP contribution < -0.4 is 10.6 Å². The summed E-state index contributed by atoms with van der Waals surface area (Å²) in [7, 11) is 1.88. The zero-order chi connectivity index (χ0) is 17.0. The number of benzene rings is 1. The molecule has 1 amide bonds.